The molecule has 5 heteroatoms. The number of hydrogen-bond donors (Lipinski definition) is 0. The molecule has 1 fully saturated rings. The molecular weight excluding hydrogens is 331 g/mol. The normalized spacial score (nSPS) is 14.5. The minimum absolute atomic E-state index is 0.0308. The molecule has 138 valence electrons. The van der Waals surface area contributed by atoms with E-state index >= 15 is 0 Å². The van der Waals surface area contributed by atoms with Crippen LogP contribution >= 0.6 is 0 Å². The van der Waals surface area contributed by atoms with Crippen LogP contribution in [-0.4, -0.2) is 43.6 Å². The highest BCUT2D eigenvalue weighted by atomic mass is 19.1. The molecule has 0 radical (unpaired) electrons. The van der Waals surface area contributed by atoms with Gasteiger partial charge in [-0.3, -0.25) is 4.79 Å². The minimum atomic E-state index is -0.221. The van der Waals surface area contributed by atoms with Crippen LogP contribution in [-0.2, 0) is 4.79 Å². The van der Waals surface area contributed by atoms with Gasteiger partial charge in [-0.15, -0.1) is 0 Å². The highest BCUT2D eigenvalue weighted by Gasteiger charge is 2.23. The number of aryl methyl sites for hydroxylation is 3. The van der Waals surface area contributed by atoms with Gasteiger partial charge in [0, 0.05) is 26.2 Å². The second-order valence-corrected chi connectivity index (χ2v) is 6.81. The summed E-state index contributed by atoms with van der Waals surface area (Å²) in [4.78, 5) is 16.2. The fourth-order valence-electron chi connectivity index (χ4n) is 3.23. The lowest BCUT2D eigenvalue weighted by Crippen LogP contribution is -2.50. The quantitative estimate of drug-likeness (QED) is 0.841. The number of amides is 1. The van der Waals surface area contributed by atoms with Gasteiger partial charge in [0.05, 0.1) is 5.69 Å². The molecule has 4 nitrogen and oxygen atoms in total. The molecule has 3 rings (SSSR count). The number of ether oxygens (including phenoxy) is 1. The van der Waals surface area contributed by atoms with E-state index in [2.05, 4.69) is 13.0 Å². The average Bonchev–Trinajstić information content (AvgIpc) is 2.64. The van der Waals surface area contributed by atoms with E-state index < -0.39 is 0 Å². The fourth-order valence-corrected chi connectivity index (χ4v) is 3.23. The first-order chi connectivity index (χ1) is 12.5. The zero-order valence-electron chi connectivity index (χ0n) is 15.6. The molecule has 1 saturated heterocycles. The summed E-state index contributed by atoms with van der Waals surface area (Å²) in [6, 6.07) is 10.8. The van der Waals surface area contributed by atoms with E-state index in [1.54, 1.807) is 17.0 Å². The Kier molecular flexibility index (Phi) is 5.45. The summed E-state index contributed by atoms with van der Waals surface area (Å²) in [7, 11) is 0. The maximum Gasteiger partial charge on any atom is 0.260 e. The molecule has 26 heavy (non-hydrogen) atoms. The predicted molar refractivity (Wildman–Crippen MR) is 101 cm³/mol. The third kappa shape index (κ3) is 3.98. The maximum absolute atomic E-state index is 13.9. The Morgan fingerprint density at radius 3 is 2.35 bits per heavy atom. The topological polar surface area (TPSA) is 32.8 Å². The summed E-state index contributed by atoms with van der Waals surface area (Å²) in [6.45, 7) is 8.50. The molecule has 0 spiro atoms. The Hall–Kier alpha value is -2.56. The lowest BCUT2D eigenvalue weighted by Gasteiger charge is -2.36. The Labute approximate surface area is 154 Å². The first-order valence-electron chi connectivity index (χ1n) is 8.93. The lowest BCUT2D eigenvalue weighted by atomic mass is 10.1. The van der Waals surface area contributed by atoms with Crippen molar-refractivity contribution in [2.75, 3.05) is 37.7 Å². The van der Waals surface area contributed by atoms with Crippen LogP contribution in [0.4, 0.5) is 10.1 Å². The smallest absolute Gasteiger partial charge is 0.260 e. The maximum atomic E-state index is 13.9. The molecule has 0 unspecified atom stereocenters. The summed E-state index contributed by atoms with van der Waals surface area (Å²) >= 11 is 0. The van der Waals surface area contributed by atoms with Gasteiger partial charge in [-0.2, -0.15) is 0 Å². The number of piperazine rings is 1. The molecule has 2 aromatic rings. The number of hydrogen-bond acceptors (Lipinski definition) is 3. The first kappa shape index (κ1) is 18.2. The van der Waals surface area contributed by atoms with Crippen LogP contribution in [0.3, 0.4) is 0 Å². The molecule has 0 aliphatic carbocycles. The summed E-state index contributed by atoms with van der Waals surface area (Å²) in [5, 5.41) is 0. The molecule has 1 aliphatic heterocycles. The van der Waals surface area contributed by atoms with Crippen LogP contribution in [0.1, 0.15) is 16.7 Å². The van der Waals surface area contributed by atoms with Crippen molar-refractivity contribution in [2.45, 2.75) is 20.8 Å². The molecule has 1 heterocycles. The molecule has 0 bridgehead atoms. The number of carbonyl (C=O) groups is 1. The number of rotatable bonds is 4. The van der Waals surface area contributed by atoms with Gasteiger partial charge >= 0.3 is 0 Å². The number of anilines is 1. The van der Waals surface area contributed by atoms with E-state index in [4.69, 9.17) is 4.74 Å². The number of carbonyl (C=O) groups excluding carboxylic acids is 1. The Balaban J connectivity index is 1.54. The summed E-state index contributed by atoms with van der Waals surface area (Å²) < 4.78 is 19.6. The fraction of sp³-hybridized carbons (Fsp3) is 0.381. The van der Waals surface area contributed by atoms with Gasteiger partial charge in [0.1, 0.15) is 11.6 Å². The van der Waals surface area contributed by atoms with Crippen LogP contribution in [0.5, 0.6) is 5.75 Å². The van der Waals surface area contributed by atoms with E-state index in [9.17, 15) is 9.18 Å². The predicted octanol–water partition coefficient (Wildman–Crippen LogP) is 3.48. The van der Waals surface area contributed by atoms with Crippen molar-refractivity contribution in [3.05, 3.63) is 58.9 Å². The monoisotopic (exact) mass is 356 g/mol. The second kappa shape index (κ2) is 7.77. The first-order valence-corrected chi connectivity index (χ1v) is 8.93. The number of para-hydroxylation sites is 1. The van der Waals surface area contributed by atoms with Crippen molar-refractivity contribution in [3.63, 3.8) is 0 Å². The standard InChI is InChI=1S/C21H25FN2O2/c1-15-12-17(3)20(13-16(15)2)26-14-21(25)24-10-8-23(9-11-24)19-7-5-4-6-18(19)22/h4-7,12-13H,8-11,14H2,1-3H3. The van der Waals surface area contributed by atoms with Gasteiger partial charge in [-0.25, -0.2) is 4.39 Å². The molecule has 0 N–H and O–H groups in total. The van der Waals surface area contributed by atoms with Gasteiger partial charge in [-0.05, 0) is 55.7 Å². The van der Waals surface area contributed by atoms with Crippen LogP contribution in [0.2, 0.25) is 0 Å². The van der Waals surface area contributed by atoms with E-state index in [0.717, 1.165) is 16.9 Å². The van der Waals surface area contributed by atoms with Crippen LogP contribution in [0, 0.1) is 26.6 Å². The largest absolute Gasteiger partial charge is 0.483 e. The van der Waals surface area contributed by atoms with E-state index in [-0.39, 0.29) is 18.3 Å². The summed E-state index contributed by atoms with van der Waals surface area (Å²) in [5.41, 5.74) is 3.99. The van der Waals surface area contributed by atoms with E-state index in [1.807, 2.05) is 30.9 Å². The summed E-state index contributed by atoms with van der Waals surface area (Å²) in [6.07, 6.45) is 0. The van der Waals surface area contributed by atoms with E-state index in [0.29, 0.717) is 31.9 Å². The van der Waals surface area contributed by atoms with Gasteiger partial charge in [0.15, 0.2) is 6.61 Å². The average molecular weight is 356 g/mol. The third-order valence-corrected chi connectivity index (χ3v) is 4.97. The SMILES string of the molecule is Cc1cc(C)c(OCC(=O)N2CCN(c3ccccc3F)CC2)cc1C. The zero-order chi connectivity index (χ0) is 18.7. The molecule has 0 saturated carbocycles. The Morgan fingerprint density at radius 2 is 1.65 bits per heavy atom. The van der Waals surface area contributed by atoms with Gasteiger partial charge in [0.2, 0.25) is 0 Å². The van der Waals surface area contributed by atoms with Crippen molar-refractivity contribution < 1.29 is 13.9 Å². The Morgan fingerprint density at radius 1 is 1.00 bits per heavy atom. The number of halogens is 1. The minimum Gasteiger partial charge on any atom is -0.483 e. The van der Waals surface area contributed by atoms with Gasteiger partial charge < -0.3 is 14.5 Å². The number of benzene rings is 2. The molecule has 2 aromatic carbocycles. The van der Waals surface area contributed by atoms with Crippen molar-refractivity contribution >= 4 is 11.6 Å². The molecular formula is C21H25FN2O2. The zero-order valence-corrected chi connectivity index (χ0v) is 15.6. The number of nitrogens with zero attached hydrogens (tertiary/aromatic N) is 2. The van der Waals surface area contributed by atoms with Crippen molar-refractivity contribution in [1.82, 2.24) is 4.90 Å². The van der Waals surface area contributed by atoms with Crippen molar-refractivity contribution in [3.8, 4) is 5.75 Å². The van der Waals surface area contributed by atoms with Crippen LogP contribution < -0.4 is 9.64 Å². The van der Waals surface area contributed by atoms with Crippen molar-refractivity contribution in [1.29, 1.82) is 0 Å². The second-order valence-electron chi connectivity index (χ2n) is 6.81. The molecule has 1 aliphatic rings. The van der Waals surface area contributed by atoms with E-state index in [1.165, 1.54) is 11.6 Å². The highest BCUT2D eigenvalue weighted by Crippen LogP contribution is 2.23. The van der Waals surface area contributed by atoms with Crippen LogP contribution in [0.15, 0.2) is 36.4 Å². The third-order valence-electron chi connectivity index (χ3n) is 4.97. The van der Waals surface area contributed by atoms with Crippen LogP contribution in [0.25, 0.3) is 0 Å². The molecule has 1 amide bonds. The Bertz CT molecular complexity index is 799. The molecule has 0 atom stereocenters. The van der Waals surface area contributed by atoms with Crippen molar-refractivity contribution in [2.24, 2.45) is 0 Å². The van der Waals surface area contributed by atoms with Gasteiger partial charge in [-0.1, -0.05) is 18.2 Å². The lowest BCUT2D eigenvalue weighted by molar-refractivity contribution is -0.133. The molecule has 0 aromatic heterocycles. The highest BCUT2D eigenvalue weighted by molar-refractivity contribution is 5.78. The van der Waals surface area contributed by atoms with Gasteiger partial charge in [0.25, 0.3) is 5.91 Å². The summed E-state index contributed by atoms with van der Waals surface area (Å²) in [5.74, 6) is 0.503.